The summed E-state index contributed by atoms with van der Waals surface area (Å²) in [4.78, 5) is 21.9. The van der Waals surface area contributed by atoms with Crippen molar-refractivity contribution in [1.29, 1.82) is 0 Å². The van der Waals surface area contributed by atoms with E-state index >= 15 is 0 Å². The van der Waals surface area contributed by atoms with Crippen molar-refractivity contribution >= 4 is 23.4 Å². The molecule has 2 atom stereocenters. The molecule has 8 heteroatoms. The minimum absolute atomic E-state index is 0.177. The molecule has 0 heterocycles. The van der Waals surface area contributed by atoms with Crippen molar-refractivity contribution in [3.63, 3.8) is 0 Å². The monoisotopic (exact) mass is 308 g/mol. The molecule has 20 heavy (non-hydrogen) atoms. The van der Waals surface area contributed by atoms with E-state index in [1.54, 1.807) is 0 Å². The largest absolute Gasteiger partial charge is 0.479 e. The molecule has 0 saturated heterocycles. The molecule has 2 unspecified atom stereocenters. The molecule has 0 aliphatic rings. The van der Waals surface area contributed by atoms with Gasteiger partial charge in [-0.1, -0.05) is 6.07 Å². The van der Waals surface area contributed by atoms with Crippen LogP contribution in [-0.2, 0) is 9.59 Å². The number of hydrogen-bond donors (Lipinski definition) is 2. The summed E-state index contributed by atoms with van der Waals surface area (Å²) in [5.41, 5.74) is -0.224. The van der Waals surface area contributed by atoms with Crippen LogP contribution in [0.3, 0.4) is 0 Å². The van der Waals surface area contributed by atoms with Gasteiger partial charge in [-0.3, -0.25) is 4.79 Å². The lowest BCUT2D eigenvalue weighted by Crippen LogP contribution is -2.15. The third kappa shape index (κ3) is 3.88. The van der Waals surface area contributed by atoms with E-state index in [4.69, 9.17) is 16.7 Å². The first-order valence-corrected chi connectivity index (χ1v) is 5.81. The molecule has 0 bridgehead atoms. The highest BCUT2D eigenvalue weighted by Crippen LogP contribution is 2.32. The minimum Gasteiger partial charge on any atom is -0.479 e. The van der Waals surface area contributed by atoms with Crippen LogP contribution in [0.1, 0.15) is 29.5 Å². The number of carbonyl (C=O) groups is 2. The first-order chi connectivity index (χ1) is 9.23. The topological polar surface area (TPSA) is 83.8 Å². The highest BCUT2D eigenvalue weighted by Gasteiger charge is 2.24. The smallest absolute Gasteiger partial charge is 0.387 e. The Kier molecular flexibility index (Phi) is 5.41. The summed E-state index contributed by atoms with van der Waals surface area (Å²) in [5, 5.41) is 17.1. The number of benzene rings is 1. The zero-order chi connectivity index (χ0) is 15.4. The van der Waals surface area contributed by atoms with Gasteiger partial charge in [0.25, 0.3) is 0 Å². The highest BCUT2D eigenvalue weighted by molar-refractivity contribution is 6.30. The van der Waals surface area contributed by atoms with Gasteiger partial charge in [0.15, 0.2) is 11.9 Å². The molecule has 1 rings (SSSR count). The Bertz CT molecular complexity index is 521. The summed E-state index contributed by atoms with van der Waals surface area (Å²) in [6.07, 6.45) is -2.07. The van der Waals surface area contributed by atoms with Crippen LogP contribution in [0.15, 0.2) is 18.2 Å². The number of carbonyl (C=O) groups excluding carboxylic acids is 1. The predicted molar refractivity (Wildman–Crippen MR) is 64.9 cm³/mol. The van der Waals surface area contributed by atoms with Gasteiger partial charge >= 0.3 is 12.6 Å². The molecule has 0 aromatic heterocycles. The number of Topliss-reactive ketones (excluding diaryl/α,β-unsaturated/α-hetero) is 1. The molecule has 0 amide bonds. The van der Waals surface area contributed by atoms with Crippen LogP contribution in [0, 0.1) is 0 Å². The van der Waals surface area contributed by atoms with Crippen molar-refractivity contribution in [1.82, 2.24) is 0 Å². The van der Waals surface area contributed by atoms with Crippen molar-refractivity contribution in [2.75, 3.05) is 0 Å². The van der Waals surface area contributed by atoms with Crippen LogP contribution in [0.4, 0.5) is 8.78 Å². The summed E-state index contributed by atoms with van der Waals surface area (Å²) < 4.78 is 28.6. The zero-order valence-corrected chi connectivity index (χ0v) is 11.0. The first kappa shape index (κ1) is 16.3. The van der Waals surface area contributed by atoms with Crippen molar-refractivity contribution in [3.8, 4) is 5.75 Å². The second kappa shape index (κ2) is 6.62. The Hall–Kier alpha value is -1.73. The minimum atomic E-state index is -3.18. The van der Waals surface area contributed by atoms with Crippen LogP contribution in [0.5, 0.6) is 5.75 Å². The van der Waals surface area contributed by atoms with E-state index in [0.717, 1.165) is 12.1 Å². The van der Waals surface area contributed by atoms with Gasteiger partial charge in [0.1, 0.15) is 11.1 Å². The van der Waals surface area contributed by atoms with Gasteiger partial charge < -0.3 is 14.9 Å². The van der Waals surface area contributed by atoms with Gasteiger partial charge in [-0.05, 0) is 24.6 Å². The average molecular weight is 309 g/mol. The van der Waals surface area contributed by atoms with E-state index in [0.29, 0.717) is 0 Å². The van der Waals surface area contributed by atoms with Crippen molar-refractivity contribution in [2.24, 2.45) is 0 Å². The Labute approximate surface area is 117 Å². The summed E-state index contributed by atoms with van der Waals surface area (Å²) >= 11 is 5.79. The van der Waals surface area contributed by atoms with E-state index in [2.05, 4.69) is 4.74 Å². The number of rotatable bonds is 6. The molecule has 0 aliphatic heterocycles. The fourth-order valence-corrected chi connectivity index (χ4v) is 1.65. The average Bonchev–Trinajstić information content (AvgIpc) is 2.36. The van der Waals surface area contributed by atoms with Gasteiger partial charge in [0.05, 0.1) is 0 Å². The lowest BCUT2D eigenvalue weighted by atomic mass is 10.0. The van der Waals surface area contributed by atoms with E-state index < -0.39 is 41.2 Å². The van der Waals surface area contributed by atoms with Gasteiger partial charge in [-0.15, -0.1) is 11.6 Å². The van der Waals surface area contributed by atoms with Crippen molar-refractivity contribution in [2.45, 2.75) is 25.0 Å². The predicted octanol–water partition coefficient (Wildman–Crippen LogP) is 2.27. The number of aliphatic hydroxyl groups excluding tert-OH is 1. The molecule has 0 radical (unpaired) electrons. The Balaban J connectivity index is 3.27. The van der Waals surface area contributed by atoms with E-state index in [9.17, 15) is 23.5 Å². The standard InChI is InChI=1S/C12H11ClF2O5/c1-5(16)9(13)6-2-3-8(20-12(14)15)7(4-6)10(17)11(18)19/h2-4,9-10,12,17H,1H3,(H,18,19). The fraction of sp³-hybridized carbons (Fsp3) is 0.333. The molecule has 110 valence electrons. The second-order valence-electron chi connectivity index (χ2n) is 3.89. The van der Waals surface area contributed by atoms with Gasteiger partial charge in [0.2, 0.25) is 0 Å². The third-order valence-corrected chi connectivity index (χ3v) is 2.99. The molecule has 1 aromatic carbocycles. The second-order valence-corrected chi connectivity index (χ2v) is 4.33. The molecule has 0 spiro atoms. The maximum absolute atomic E-state index is 12.2. The normalized spacial score (nSPS) is 13.9. The number of ether oxygens (including phenoxy) is 1. The number of aliphatic carboxylic acids is 1. The quantitative estimate of drug-likeness (QED) is 0.788. The Morgan fingerprint density at radius 3 is 2.40 bits per heavy atom. The number of carboxylic acids is 1. The van der Waals surface area contributed by atoms with Gasteiger partial charge in [-0.25, -0.2) is 4.79 Å². The van der Waals surface area contributed by atoms with E-state index in [1.165, 1.54) is 13.0 Å². The van der Waals surface area contributed by atoms with Gasteiger partial charge in [0, 0.05) is 5.56 Å². The SMILES string of the molecule is CC(=O)C(Cl)c1ccc(OC(F)F)c(C(O)C(=O)O)c1. The molecule has 5 nitrogen and oxygen atoms in total. The summed E-state index contributed by atoms with van der Waals surface area (Å²) in [5.74, 6) is -2.55. The zero-order valence-electron chi connectivity index (χ0n) is 10.2. The van der Waals surface area contributed by atoms with Crippen molar-refractivity contribution in [3.05, 3.63) is 29.3 Å². The van der Waals surface area contributed by atoms with Crippen LogP contribution in [-0.4, -0.2) is 28.6 Å². The maximum Gasteiger partial charge on any atom is 0.387 e. The Morgan fingerprint density at radius 2 is 1.95 bits per heavy atom. The lowest BCUT2D eigenvalue weighted by molar-refractivity contribution is -0.147. The first-order valence-electron chi connectivity index (χ1n) is 5.38. The molecular weight excluding hydrogens is 298 g/mol. The Morgan fingerprint density at radius 1 is 1.35 bits per heavy atom. The molecule has 0 fully saturated rings. The third-order valence-electron chi connectivity index (χ3n) is 2.43. The van der Waals surface area contributed by atoms with E-state index in [-0.39, 0.29) is 5.56 Å². The summed E-state index contributed by atoms with van der Waals surface area (Å²) in [6.45, 7) is -1.96. The number of halogens is 3. The number of hydrogen-bond acceptors (Lipinski definition) is 4. The number of aliphatic hydroxyl groups is 1. The molecule has 1 aromatic rings. The molecular formula is C12H11ClF2O5. The van der Waals surface area contributed by atoms with Crippen LogP contribution in [0.25, 0.3) is 0 Å². The number of carboxylic acid groups (broad SMARTS) is 1. The van der Waals surface area contributed by atoms with Crippen LogP contribution >= 0.6 is 11.6 Å². The summed E-state index contributed by atoms with van der Waals surface area (Å²) in [7, 11) is 0. The van der Waals surface area contributed by atoms with Gasteiger partial charge in [-0.2, -0.15) is 8.78 Å². The molecule has 0 saturated carbocycles. The van der Waals surface area contributed by atoms with Crippen LogP contribution < -0.4 is 4.74 Å². The van der Waals surface area contributed by atoms with Crippen molar-refractivity contribution < 1.29 is 33.3 Å². The number of alkyl halides is 3. The fourth-order valence-electron chi connectivity index (χ4n) is 1.51. The highest BCUT2D eigenvalue weighted by atomic mass is 35.5. The lowest BCUT2D eigenvalue weighted by Gasteiger charge is -2.15. The molecule has 2 N–H and O–H groups in total. The van der Waals surface area contributed by atoms with E-state index in [1.807, 2.05) is 0 Å². The van der Waals surface area contributed by atoms with Crippen LogP contribution in [0.2, 0.25) is 0 Å². The maximum atomic E-state index is 12.2. The summed E-state index contributed by atoms with van der Waals surface area (Å²) in [6, 6.07) is 3.33. The molecule has 0 aliphatic carbocycles. The number of ketones is 1.